The molecule has 0 aliphatic carbocycles. The fraction of sp³-hybridized carbons (Fsp3) is 0.333. The van der Waals surface area contributed by atoms with Gasteiger partial charge in [0, 0.05) is 13.1 Å². The number of benzene rings is 2. The van der Waals surface area contributed by atoms with E-state index in [1.165, 1.54) is 11.1 Å². The summed E-state index contributed by atoms with van der Waals surface area (Å²) in [5, 5.41) is 2.82. The molecule has 26 heavy (non-hydrogen) atoms. The van der Waals surface area contributed by atoms with Gasteiger partial charge < -0.3 is 9.64 Å². The van der Waals surface area contributed by atoms with E-state index in [0.717, 1.165) is 11.3 Å². The number of amides is 1. The standard InChI is InChI=1S/C21H25N3O2/c1-15-9-5-6-10-16(15)13-24-14-17-11-7-8-12-18(17)22-19(24)23-20(25)26-21(2,3)4/h5-12H,13-14H2,1-4H3,(H,22,23,25). The fourth-order valence-corrected chi connectivity index (χ4v) is 2.84. The SMILES string of the molecule is Cc1ccccc1CN1Cc2ccccc2N=C1NC(=O)OC(C)(C)C. The number of rotatable bonds is 2. The third kappa shape index (κ3) is 4.42. The number of hydrogen-bond acceptors (Lipinski definition) is 4. The Hall–Kier alpha value is -2.82. The summed E-state index contributed by atoms with van der Waals surface area (Å²) in [7, 11) is 0. The van der Waals surface area contributed by atoms with Crippen LogP contribution in [-0.4, -0.2) is 22.6 Å². The summed E-state index contributed by atoms with van der Waals surface area (Å²) in [5.41, 5.74) is 3.86. The molecule has 1 aliphatic heterocycles. The van der Waals surface area contributed by atoms with Crippen LogP contribution in [0.3, 0.4) is 0 Å². The van der Waals surface area contributed by atoms with E-state index in [0.29, 0.717) is 19.0 Å². The summed E-state index contributed by atoms with van der Waals surface area (Å²) in [6.07, 6.45) is -0.495. The Morgan fingerprint density at radius 1 is 1.15 bits per heavy atom. The van der Waals surface area contributed by atoms with Crippen molar-refractivity contribution in [3.05, 3.63) is 65.2 Å². The second-order valence-electron chi connectivity index (χ2n) is 7.47. The van der Waals surface area contributed by atoms with Gasteiger partial charge in [-0.15, -0.1) is 0 Å². The molecule has 5 heteroatoms. The molecule has 0 atom stereocenters. The number of alkyl carbamates (subject to hydrolysis) is 1. The van der Waals surface area contributed by atoms with Gasteiger partial charge in [0.05, 0.1) is 5.69 Å². The summed E-state index contributed by atoms with van der Waals surface area (Å²) in [6, 6.07) is 16.2. The Morgan fingerprint density at radius 3 is 2.58 bits per heavy atom. The van der Waals surface area contributed by atoms with Crippen LogP contribution in [0.4, 0.5) is 10.5 Å². The molecule has 2 aromatic rings. The van der Waals surface area contributed by atoms with Crippen molar-refractivity contribution in [2.45, 2.75) is 46.4 Å². The minimum Gasteiger partial charge on any atom is -0.444 e. The number of guanidine groups is 1. The third-order valence-corrected chi connectivity index (χ3v) is 4.11. The molecule has 1 amide bonds. The minimum atomic E-state index is -0.557. The number of carbonyl (C=O) groups is 1. The van der Waals surface area contributed by atoms with Crippen molar-refractivity contribution in [2.75, 3.05) is 0 Å². The second-order valence-corrected chi connectivity index (χ2v) is 7.47. The van der Waals surface area contributed by atoms with Crippen LogP contribution in [-0.2, 0) is 17.8 Å². The second kappa shape index (κ2) is 7.20. The quantitative estimate of drug-likeness (QED) is 0.865. The molecule has 5 nitrogen and oxygen atoms in total. The van der Waals surface area contributed by atoms with Gasteiger partial charge in [-0.05, 0) is 50.5 Å². The number of aliphatic imine (C=N–C) groups is 1. The Kier molecular flexibility index (Phi) is 4.98. The first kappa shape index (κ1) is 18.0. The molecule has 1 N–H and O–H groups in total. The summed E-state index contributed by atoms with van der Waals surface area (Å²) in [4.78, 5) is 19.0. The molecule has 1 heterocycles. The van der Waals surface area contributed by atoms with Crippen LogP contribution in [0.2, 0.25) is 0 Å². The van der Waals surface area contributed by atoms with E-state index in [1.807, 2.05) is 51.1 Å². The van der Waals surface area contributed by atoms with Crippen molar-refractivity contribution in [1.29, 1.82) is 0 Å². The van der Waals surface area contributed by atoms with Gasteiger partial charge in [0.2, 0.25) is 5.96 Å². The van der Waals surface area contributed by atoms with Gasteiger partial charge >= 0.3 is 6.09 Å². The first-order valence-electron chi connectivity index (χ1n) is 8.78. The predicted octanol–water partition coefficient (Wildman–Crippen LogP) is 4.52. The largest absolute Gasteiger partial charge is 0.444 e. The lowest BCUT2D eigenvalue weighted by atomic mass is 10.1. The van der Waals surface area contributed by atoms with Gasteiger partial charge in [0.1, 0.15) is 5.60 Å². The van der Waals surface area contributed by atoms with Gasteiger partial charge in [-0.1, -0.05) is 42.5 Å². The van der Waals surface area contributed by atoms with Crippen molar-refractivity contribution in [1.82, 2.24) is 10.2 Å². The zero-order valence-electron chi connectivity index (χ0n) is 15.7. The van der Waals surface area contributed by atoms with Crippen LogP contribution in [0.25, 0.3) is 0 Å². The number of carbonyl (C=O) groups excluding carboxylic acids is 1. The number of aryl methyl sites for hydroxylation is 1. The van der Waals surface area contributed by atoms with Crippen LogP contribution in [0.15, 0.2) is 53.5 Å². The summed E-state index contributed by atoms with van der Waals surface area (Å²) < 4.78 is 5.39. The third-order valence-electron chi connectivity index (χ3n) is 4.11. The molecule has 0 fully saturated rings. The van der Waals surface area contributed by atoms with E-state index >= 15 is 0 Å². The zero-order valence-corrected chi connectivity index (χ0v) is 15.7. The van der Waals surface area contributed by atoms with Gasteiger partial charge in [0.25, 0.3) is 0 Å². The summed E-state index contributed by atoms with van der Waals surface area (Å²) >= 11 is 0. The first-order valence-corrected chi connectivity index (χ1v) is 8.78. The maximum atomic E-state index is 12.3. The van der Waals surface area contributed by atoms with Crippen LogP contribution in [0.1, 0.15) is 37.5 Å². The number of nitrogens with zero attached hydrogens (tertiary/aromatic N) is 2. The zero-order chi connectivity index (χ0) is 18.7. The molecule has 0 spiro atoms. The van der Waals surface area contributed by atoms with E-state index in [9.17, 15) is 4.79 Å². The highest BCUT2D eigenvalue weighted by molar-refractivity contribution is 5.96. The molecule has 3 rings (SSSR count). The number of nitrogens with one attached hydrogen (secondary N) is 1. The molecular formula is C21H25N3O2. The Balaban J connectivity index is 1.86. The maximum absolute atomic E-state index is 12.3. The van der Waals surface area contributed by atoms with Gasteiger partial charge in [-0.2, -0.15) is 0 Å². The average molecular weight is 351 g/mol. The monoisotopic (exact) mass is 351 g/mol. The van der Waals surface area contributed by atoms with Crippen molar-refractivity contribution in [3.8, 4) is 0 Å². The van der Waals surface area contributed by atoms with E-state index in [2.05, 4.69) is 40.3 Å². The number of hydrogen-bond donors (Lipinski definition) is 1. The Bertz CT molecular complexity index is 837. The molecule has 0 aromatic heterocycles. The highest BCUT2D eigenvalue weighted by Crippen LogP contribution is 2.26. The van der Waals surface area contributed by atoms with E-state index in [-0.39, 0.29) is 0 Å². The van der Waals surface area contributed by atoms with Gasteiger partial charge in [-0.25, -0.2) is 9.79 Å². The van der Waals surface area contributed by atoms with Crippen molar-refractivity contribution in [2.24, 2.45) is 4.99 Å². The topological polar surface area (TPSA) is 53.9 Å². The lowest BCUT2D eigenvalue weighted by Gasteiger charge is -2.31. The maximum Gasteiger partial charge on any atom is 0.414 e. The number of fused-ring (bicyclic) bond motifs is 1. The molecule has 0 saturated carbocycles. The molecule has 0 saturated heterocycles. The number of para-hydroxylation sites is 1. The van der Waals surface area contributed by atoms with E-state index in [4.69, 9.17) is 4.74 Å². The van der Waals surface area contributed by atoms with Crippen LogP contribution >= 0.6 is 0 Å². The van der Waals surface area contributed by atoms with E-state index in [1.54, 1.807) is 0 Å². The lowest BCUT2D eigenvalue weighted by molar-refractivity contribution is 0.0555. The van der Waals surface area contributed by atoms with Crippen LogP contribution in [0, 0.1) is 6.92 Å². The van der Waals surface area contributed by atoms with Crippen LogP contribution < -0.4 is 5.32 Å². The lowest BCUT2D eigenvalue weighted by Crippen LogP contribution is -2.46. The van der Waals surface area contributed by atoms with Crippen molar-refractivity contribution in [3.63, 3.8) is 0 Å². The summed E-state index contributed by atoms with van der Waals surface area (Å²) in [6.45, 7) is 8.96. The summed E-state index contributed by atoms with van der Waals surface area (Å²) in [5.74, 6) is 0.515. The van der Waals surface area contributed by atoms with E-state index < -0.39 is 11.7 Å². The molecule has 0 radical (unpaired) electrons. The van der Waals surface area contributed by atoms with Crippen molar-refractivity contribution < 1.29 is 9.53 Å². The predicted molar refractivity (Wildman–Crippen MR) is 103 cm³/mol. The Morgan fingerprint density at radius 2 is 1.85 bits per heavy atom. The van der Waals surface area contributed by atoms with Gasteiger partial charge in [0.15, 0.2) is 0 Å². The first-order chi connectivity index (χ1) is 12.3. The Labute approximate surface area is 154 Å². The minimum absolute atomic E-state index is 0.495. The highest BCUT2D eigenvalue weighted by atomic mass is 16.6. The normalized spacial score (nSPS) is 13.7. The molecule has 0 unspecified atom stereocenters. The van der Waals surface area contributed by atoms with Crippen LogP contribution in [0.5, 0.6) is 0 Å². The van der Waals surface area contributed by atoms with Crippen molar-refractivity contribution >= 4 is 17.7 Å². The smallest absolute Gasteiger partial charge is 0.414 e. The molecule has 2 aromatic carbocycles. The molecular weight excluding hydrogens is 326 g/mol. The fourth-order valence-electron chi connectivity index (χ4n) is 2.84. The van der Waals surface area contributed by atoms with Gasteiger partial charge in [-0.3, -0.25) is 5.32 Å². The highest BCUT2D eigenvalue weighted by Gasteiger charge is 2.24. The molecule has 0 bridgehead atoms. The molecule has 136 valence electrons. The average Bonchev–Trinajstić information content (AvgIpc) is 2.55. The number of ether oxygens (including phenoxy) is 1. The molecule has 1 aliphatic rings.